The summed E-state index contributed by atoms with van der Waals surface area (Å²) in [6.07, 6.45) is 16.2. The van der Waals surface area contributed by atoms with Crippen LogP contribution in [0, 0.1) is 0 Å². The van der Waals surface area contributed by atoms with E-state index in [0.29, 0.717) is 0 Å². The molecule has 24 heavy (non-hydrogen) atoms. The van der Waals surface area contributed by atoms with Gasteiger partial charge in [0.2, 0.25) is 0 Å². The van der Waals surface area contributed by atoms with Crippen LogP contribution < -0.4 is 0 Å². The van der Waals surface area contributed by atoms with E-state index >= 15 is 0 Å². The van der Waals surface area contributed by atoms with Gasteiger partial charge in [-0.1, -0.05) is 83.3 Å². The zero-order valence-corrected chi connectivity index (χ0v) is 15.5. The summed E-state index contributed by atoms with van der Waals surface area (Å²) in [6.45, 7) is 2.19. The van der Waals surface area contributed by atoms with E-state index in [-0.39, 0.29) is 6.42 Å². The molecule has 2 atom stereocenters. The minimum absolute atomic E-state index is 0.268. The van der Waals surface area contributed by atoms with Crippen molar-refractivity contribution in [3.63, 3.8) is 0 Å². The van der Waals surface area contributed by atoms with Crippen LogP contribution in [0.25, 0.3) is 0 Å². The zero-order chi connectivity index (χ0) is 18.0. The molecule has 0 heterocycles. The molecule has 0 fully saturated rings. The molecular formula is C20H38O4. The van der Waals surface area contributed by atoms with Gasteiger partial charge in [-0.05, 0) is 19.3 Å². The first-order chi connectivity index (χ1) is 11.6. The number of carboxylic acid groups (broad SMARTS) is 1. The van der Waals surface area contributed by atoms with E-state index in [2.05, 4.69) is 6.92 Å². The highest BCUT2D eigenvalue weighted by Crippen LogP contribution is 2.12. The molecule has 0 amide bonds. The molecule has 0 unspecified atom stereocenters. The fourth-order valence-electron chi connectivity index (χ4n) is 2.74. The standard InChI is InChI=1S/C20H38O4/c1-2-3-4-7-10-13-18(21)16-17-19(22)14-11-8-5-6-9-12-15-20(23)24/h16-19,21-22H,2-15H2,1H3,(H,23,24)/b17-16+/t18-,19+/m1/s1. The Morgan fingerprint density at radius 3 is 1.62 bits per heavy atom. The van der Waals surface area contributed by atoms with Crippen LogP contribution in [0.2, 0.25) is 0 Å². The summed E-state index contributed by atoms with van der Waals surface area (Å²) in [7, 11) is 0. The van der Waals surface area contributed by atoms with Crippen LogP contribution in [-0.2, 0) is 4.79 Å². The number of hydrogen-bond donors (Lipinski definition) is 3. The maximum Gasteiger partial charge on any atom is 0.303 e. The first-order valence-electron chi connectivity index (χ1n) is 9.82. The molecule has 0 spiro atoms. The van der Waals surface area contributed by atoms with E-state index < -0.39 is 18.2 Å². The van der Waals surface area contributed by atoms with Crippen molar-refractivity contribution in [1.29, 1.82) is 0 Å². The average molecular weight is 343 g/mol. The maximum atomic E-state index is 10.4. The third-order valence-corrected chi connectivity index (χ3v) is 4.30. The van der Waals surface area contributed by atoms with Crippen molar-refractivity contribution < 1.29 is 20.1 Å². The second-order valence-corrected chi connectivity index (χ2v) is 6.78. The Hall–Kier alpha value is -0.870. The molecule has 4 nitrogen and oxygen atoms in total. The largest absolute Gasteiger partial charge is 0.481 e. The lowest BCUT2D eigenvalue weighted by atomic mass is 10.0. The van der Waals surface area contributed by atoms with E-state index in [9.17, 15) is 15.0 Å². The van der Waals surface area contributed by atoms with Crippen molar-refractivity contribution in [3.8, 4) is 0 Å². The molecule has 3 N–H and O–H groups in total. The molecule has 0 aromatic heterocycles. The van der Waals surface area contributed by atoms with Gasteiger partial charge in [-0.25, -0.2) is 0 Å². The van der Waals surface area contributed by atoms with Gasteiger partial charge in [0, 0.05) is 6.42 Å². The Labute approximate surface area is 148 Å². The number of aliphatic hydroxyl groups excluding tert-OH is 2. The van der Waals surface area contributed by atoms with E-state index in [0.717, 1.165) is 57.8 Å². The highest BCUT2D eigenvalue weighted by Gasteiger charge is 2.03. The fourth-order valence-corrected chi connectivity index (χ4v) is 2.74. The van der Waals surface area contributed by atoms with E-state index in [1.807, 2.05) is 0 Å². The Morgan fingerprint density at radius 1 is 0.750 bits per heavy atom. The van der Waals surface area contributed by atoms with Crippen LogP contribution in [0.4, 0.5) is 0 Å². The number of unbranched alkanes of at least 4 members (excludes halogenated alkanes) is 9. The van der Waals surface area contributed by atoms with Gasteiger partial charge in [0.05, 0.1) is 12.2 Å². The summed E-state index contributed by atoms with van der Waals surface area (Å²) >= 11 is 0. The van der Waals surface area contributed by atoms with Gasteiger partial charge in [-0.3, -0.25) is 4.79 Å². The van der Waals surface area contributed by atoms with Gasteiger partial charge in [-0.2, -0.15) is 0 Å². The molecule has 0 aliphatic heterocycles. The lowest BCUT2D eigenvalue weighted by molar-refractivity contribution is -0.137. The van der Waals surface area contributed by atoms with Crippen LogP contribution in [0.1, 0.15) is 96.8 Å². The van der Waals surface area contributed by atoms with Gasteiger partial charge in [0.15, 0.2) is 0 Å². The lowest BCUT2D eigenvalue weighted by Crippen LogP contribution is -2.06. The first-order valence-corrected chi connectivity index (χ1v) is 9.82. The molecule has 0 rings (SSSR count). The Balaban J connectivity index is 3.46. The predicted octanol–water partition coefficient (Wildman–Crippen LogP) is 4.83. The van der Waals surface area contributed by atoms with Crippen LogP contribution in [0.15, 0.2) is 12.2 Å². The Bertz CT molecular complexity index is 315. The highest BCUT2D eigenvalue weighted by atomic mass is 16.4. The molecule has 0 saturated heterocycles. The van der Waals surface area contributed by atoms with Crippen molar-refractivity contribution in [1.82, 2.24) is 0 Å². The summed E-state index contributed by atoms with van der Waals surface area (Å²) < 4.78 is 0. The molecular weight excluding hydrogens is 304 g/mol. The van der Waals surface area contributed by atoms with Crippen LogP contribution >= 0.6 is 0 Å². The quantitative estimate of drug-likeness (QED) is 0.261. The third kappa shape index (κ3) is 17.5. The maximum absolute atomic E-state index is 10.4. The summed E-state index contributed by atoms with van der Waals surface area (Å²) in [6, 6.07) is 0. The average Bonchev–Trinajstić information content (AvgIpc) is 2.55. The van der Waals surface area contributed by atoms with Crippen molar-refractivity contribution in [3.05, 3.63) is 12.2 Å². The fraction of sp³-hybridized carbons (Fsp3) is 0.850. The Kier molecular flexibility index (Phi) is 16.4. The number of carboxylic acids is 1. The third-order valence-electron chi connectivity index (χ3n) is 4.30. The lowest BCUT2D eigenvalue weighted by Gasteiger charge is -2.08. The van der Waals surface area contributed by atoms with Gasteiger partial charge in [0.25, 0.3) is 0 Å². The zero-order valence-electron chi connectivity index (χ0n) is 15.5. The van der Waals surface area contributed by atoms with Crippen LogP contribution in [0.3, 0.4) is 0 Å². The second kappa shape index (κ2) is 17.0. The molecule has 0 bridgehead atoms. The van der Waals surface area contributed by atoms with Crippen molar-refractivity contribution in [2.24, 2.45) is 0 Å². The first kappa shape index (κ1) is 23.1. The molecule has 142 valence electrons. The summed E-state index contributed by atoms with van der Waals surface area (Å²) in [5.41, 5.74) is 0. The molecule has 0 aromatic rings. The van der Waals surface area contributed by atoms with E-state index in [1.54, 1.807) is 12.2 Å². The SMILES string of the molecule is CCCCCCC[C@@H](O)/C=C/[C@@H](O)CCCCCCCCC(=O)O. The van der Waals surface area contributed by atoms with Crippen molar-refractivity contribution in [2.45, 2.75) is 109 Å². The molecule has 0 saturated carbocycles. The summed E-state index contributed by atoms with van der Waals surface area (Å²) in [5.74, 6) is -0.715. The number of carbonyl (C=O) groups is 1. The molecule has 0 aliphatic rings. The Morgan fingerprint density at radius 2 is 1.17 bits per heavy atom. The highest BCUT2D eigenvalue weighted by molar-refractivity contribution is 5.66. The topological polar surface area (TPSA) is 77.8 Å². The van der Waals surface area contributed by atoms with Crippen molar-refractivity contribution >= 4 is 5.97 Å². The van der Waals surface area contributed by atoms with Crippen LogP contribution in [0.5, 0.6) is 0 Å². The number of aliphatic carboxylic acids is 1. The van der Waals surface area contributed by atoms with E-state index in [4.69, 9.17) is 5.11 Å². The van der Waals surface area contributed by atoms with Gasteiger partial charge >= 0.3 is 5.97 Å². The van der Waals surface area contributed by atoms with Gasteiger partial charge in [-0.15, -0.1) is 0 Å². The minimum atomic E-state index is -0.715. The number of hydrogen-bond acceptors (Lipinski definition) is 3. The van der Waals surface area contributed by atoms with E-state index in [1.165, 1.54) is 25.7 Å². The summed E-state index contributed by atoms with van der Waals surface area (Å²) in [5, 5.41) is 28.3. The van der Waals surface area contributed by atoms with Gasteiger partial charge in [0.1, 0.15) is 0 Å². The number of aliphatic hydroxyl groups is 2. The minimum Gasteiger partial charge on any atom is -0.481 e. The second-order valence-electron chi connectivity index (χ2n) is 6.78. The molecule has 0 aliphatic carbocycles. The molecule has 4 heteroatoms. The molecule has 0 aromatic carbocycles. The predicted molar refractivity (Wildman–Crippen MR) is 99.1 cm³/mol. The number of rotatable bonds is 17. The van der Waals surface area contributed by atoms with Gasteiger partial charge < -0.3 is 15.3 Å². The van der Waals surface area contributed by atoms with Crippen LogP contribution in [-0.4, -0.2) is 33.5 Å². The monoisotopic (exact) mass is 342 g/mol. The summed E-state index contributed by atoms with van der Waals surface area (Å²) in [4.78, 5) is 10.4. The normalized spacial score (nSPS) is 14.1. The van der Waals surface area contributed by atoms with Crippen molar-refractivity contribution in [2.75, 3.05) is 0 Å². The molecule has 0 radical (unpaired) electrons. The smallest absolute Gasteiger partial charge is 0.303 e.